The van der Waals surface area contributed by atoms with Crippen LogP contribution in [0.1, 0.15) is 40.8 Å². The van der Waals surface area contributed by atoms with Crippen LogP contribution in [0, 0.1) is 6.92 Å². The highest BCUT2D eigenvalue weighted by molar-refractivity contribution is 5.93. The molecule has 0 aliphatic carbocycles. The Morgan fingerprint density at radius 3 is 2.47 bits per heavy atom. The molecule has 1 atom stereocenters. The van der Waals surface area contributed by atoms with Crippen LogP contribution in [0.4, 0.5) is 5.69 Å². The Kier molecular flexibility index (Phi) is 6.55. The summed E-state index contributed by atoms with van der Waals surface area (Å²) >= 11 is 0. The van der Waals surface area contributed by atoms with Crippen LogP contribution in [-0.4, -0.2) is 78.0 Å². The fourth-order valence-corrected chi connectivity index (χ4v) is 4.48. The number of methoxy groups -OCH3 is 1. The average molecular weight is 439 g/mol. The van der Waals surface area contributed by atoms with E-state index in [2.05, 4.69) is 31.9 Å². The van der Waals surface area contributed by atoms with Gasteiger partial charge in [-0.05, 0) is 50.6 Å². The second-order valence-electron chi connectivity index (χ2n) is 8.29. The third-order valence-electron chi connectivity index (χ3n) is 6.33. The van der Waals surface area contributed by atoms with E-state index in [-0.39, 0.29) is 11.9 Å². The van der Waals surface area contributed by atoms with E-state index < -0.39 is 5.91 Å². The number of amides is 2. The van der Waals surface area contributed by atoms with Crippen LogP contribution in [0.2, 0.25) is 0 Å². The van der Waals surface area contributed by atoms with Crippen molar-refractivity contribution in [2.75, 3.05) is 51.3 Å². The highest BCUT2D eigenvalue weighted by Crippen LogP contribution is 2.30. The molecular formula is C23H30N6O3. The number of hydrogen-bond donors (Lipinski definition) is 1. The summed E-state index contributed by atoms with van der Waals surface area (Å²) in [5.41, 5.74) is 7.42. The number of nitrogens with two attached hydrogens (primary N) is 1. The van der Waals surface area contributed by atoms with Gasteiger partial charge < -0.3 is 20.3 Å². The summed E-state index contributed by atoms with van der Waals surface area (Å²) in [6.07, 6.45) is 3.38. The van der Waals surface area contributed by atoms with Crippen molar-refractivity contribution in [3.05, 3.63) is 47.5 Å². The number of carbonyl (C=O) groups excluding carboxylic acids is 2. The van der Waals surface area contributed by atoms with Crippen LogP contribution in [0.3, 0.4) is 0 Å². The van der Waals surface area contributed by atoms with E-state index in [1.165, 1.54) is 6.20 Å². The lowest BCUT2D eigenvalue weighted by Gasteiger charge is -2.37. The zero-order valence-corrected chi connectivity index (χ0v) is 18.7. The van der Waals surface area contributed by atoms with Crippen molar-refractivity contribution in [1.29, 1.82) is 0 Å². The van der Waals surface area contributed by atoms with E-state index >= 15 is 0 Å². The van der Waals surface area contributed by atoms with Gasteiger partial charge in [-0.2, -0.15) is 0 Å². The highest BCUT2D eigenvalue weighted by atomic mass is 16.5. The van der Waals surface area contributed by atoms with Crippen molar-refractivity contribution in [3.8, 4) is 5.75 Å². The average Bonchev–Trinajstić information content (AvgIpc) is 3.27. The van der Waals surface area contributed by atoms with Gasteiger partial charge in [0.05, 0.1) is 31.0 Å². The summed E-state index contributed by atoms with van der Waals surface area (Å²) in [6.45, 7) is 5.96. The smallest absolute Gasteiger partial charge is 0.252 e. The van der Waals surface area contributed by atoms with E-state index in [0.29, 0.717) is 36.7 Å². The number of piperazine rings is 1. The minimum absolute atomic E-state index is 0.0137. The summed E-state index contributed by atoms with van der Waals surface area (Å²) in [7, 11) is 1.66. The lowest BCUT2D eigenvalue weighted by molar-refractivity contribution is -0.133. The molecule has 2 amide bonds. The molecule has 0 unspecified atom stereocenters. The lowest BCUT2D eigenvalue weighted by atomic mass is 10.1. The first-order valence-electron chi connectivity index (χ1n) is 11.0. The molecule has 0 radical (unpaired) electrons. The summed E-state index contributed by atoms with van der Waals surface area (Å²) < 4.78 is 5.23. The number of carbonyl (C=O) groups is 2. The van der Waals surface area contributed by atoms with Crippen LogP contribution < -0.4 is 15.4 Å². The van der Waals surface area contributed by atoms with Gasteiger partial charge in [0.1, 0.15) is 11.6 Å². The van der Waals surface area contributed by atoms with Gasteiger partial charge >= 0.3 is 0 Å². The summed E-state index contributed by atoms with van der Waals surface area (Å²) in [5.74, 6) is 1.10. The number of rotatable bonds is 6. The third kappa shape index (κ3) is 4.67. The first kappa shape index (κ1) is 22.0. The van der Waals surface area contributed by atoms with Crippen molar-refractivity contribution >= 4 is 17.5 Å². The lowest BCUT2D eigenvalue weighted by Crippen LogP contribution is -2.51. The van der Waals surface area contributed by atoms with Crippen molar-refractivity contribution in [3.63, 3.8) is 0 Å². The first-order valence-corrected chi connectivity index (χ1v) is 11.0. The standard InChI is InChI=1S/C23H30N6O3/c1-16-19(22(24)31)14-25-23(26-16)20-4-3-9-29(20)15-21(30)28-12-10-27(11-13-28)17-5-7-18(32-2)8-6-17/h5-8,14,20H,3-4,9-13,15H2,1-2H3,(H2,24,31)/t20-/m1/s1. The number of likely N-dealkylation sites (tertiary alicyclic amines) is 1. The molecule has 9 heteroatoms. The van der Waals surface area contributed by atoms with Gasteiger partial charge in [-0.25, -0.2) is 9.97 Å². The minimum Gasteiger partial charge on any atom is -0.497 e. The molecule has 1 aromatic heterocycles. The van der Waals surface area contributed by atoms with Crippen molar-refractivity contribution in [2.45, 2.75) is 25.8 Å². The van der Waals surface area contributed by atoms with E-state index in [0.717, 1.165) is 43.9 Å². The second kappa shape index (κ2) is 9.52. The second-order valence-corrected chi connectivity index (χ2v) is 8.29. The number of benzene rings is 1. The van der Waals surface area contributed by atoms with Gasteiger partial charge in [-0.3, -0.25) is 14.5 Å². The molecule has 9 nitrogen and oxygen atoms in total. The Labute approximate surface area is 188 Å². The fraction of sp³-hybridized carbons (Fsp3) is 0.478. The first-order chi connectivity index (χ1) is 15.5. The third-order valence-corrected chi connectivity index (χ3v) is 6.33. The number of hydrogen-bond acceptors (Lipinski definition) is 7. The van der Waals surface area contributed by atoms with Gasteiger partial charge in [0, 0.05) is 38.1 Å². The normalized spacial score (nSPS) is 19.2. The molecule has 0 saturated carbocycles. The predicted molar refractivity (Wildman–Crippen MR) is 121 cm³/mol. The van der Waals surface area contributed by atoms with Crippen molar-refractivity contribution in [1.82, 2.24) is 19.8 Å². The molecule has 2 fully saturated rings. The van der Waals surface area contributed by atoms with Crippen LogP contribution in [0.15, 0.2) is 30.5 Å². The molecule has 0 spiro atoms. The van der Waals surface area contributed by atoms with Gasteiger partial charge in [0.15, 0.2) is 0 Å². The SMILES string of the molecule is COc1ccc(N2CCN(C(=O)CN3CCC[C@@H]3c3ncc(C(N)=O)c(C)n3)CC2)cc1. The van der Waals surface area contributed by atoms with Crippen LogP contribution in [0.5, 0.6) is 5.75 Å². The predicted octanol–water partition coefficient (Wildman–Crippen LogP) is 1.38. The molecule has 170 valence electrons. The number of anilines is 1. The van der Waals surface area contributed by atoms with Crippen molar-refractivity contribution in [2.24, 2.45) is 5.73 Å². The summed E-state index contributed by atoms with van der Waals surface area (Å²) in [6, 6.07) is 8.01. The zero-order chi connectivity index (χ0) is 22.7. The molecule has 4 rings (SSSR count). The van der Waals surface area contributed by atoms with E-state index in [1.54, 1.807) is 14.0 Å². The Hall–Kier alpha value is -3.20. The minimum atomic E-state index is -0.527. The van der Waals surface area contributed by atoms with E-state index in [9.17, 15) is 9.59 Å². The molecule has 32 heavy (non-hydrogen) atoms. The topological polar surface area (TPSA) is 105 Å². The number of aryl methyl sites for hydroxylation is 1. The maximum absolute atomic E-state index is 13.0. The van der Waals surface area contributed by atoms with Crippen LogP contribution in [-0.2, 0) is 4.79 Å². The molecule has 2 aliphatic rings. The largest absolute Gasteiger partial charge is 0.497 e. The molecule has 3 heterocycles. The molecule has 2 N–H and O–H groups in total. The number of nitrogens with zero attached hydrogens (tertiary/aromatic N) is 5. The Bertz CT molecular complexity index is 972. The van der Waals surface area contributed by atoms with E-state index in [4.69, 9.17) is 10.5 Å². The maximum atomic E-state index is 13.0. The van der Waals surface area contributed by atoms with Gasteiger partial charge in [0.25, 0.3) is 5.91 Å². The molecular weight excluding hydrogens is 408 g/mol. The molecule has 2 aromatic rings. The highest BCUT2D eigenvalue weighted by Gasteiger charge is 2.32. The van der Waals surface area contributed by atoms with E-state index in [1.807, 2.05) is 17.0 Å². The maximum Gasteiger partial charge on any atom is 0.252 e. The molecule has 1 aromatic carbocycles. The summed E-state index contributed by atoms with van der Waals surface area (Å²) in [5, 5.41) is 0. The number of primary amides is 1. The number of aromatic nitrogens is 2. The number of ether oxygens (including phenoxy) is 1. The van der Waals surface area contributed by atoms with Crippen LogP contribution >= 0.6 is 0 Å². The monoisotopic (exact) mass is 438 g/mol. The zero-order valence-electron chi connectivity index (χ0n) is 18.7. The van der Waals surface area contributed by atoms with Gasteiger partial charge in [-0.15, -0.1) is 0 Å². The van der Waals surface area contributed by atoms with Crippen molar-refractivity contribution < 1.29 is 14.3 Å². The molecule has 2 saturated heterocycles. The van der Waals surface area contributed by atoms with Crippen LogP contribution in [0.25, 0.3) is 0 Å². The summed E-state index contributed by atoms with van der Waals surface area (Å²) in [4.78, 5) is 39.7. The quantitative estimate of drug-likeness (QED) is 0.726. The van der Waals surface area contributed by atoms with Gasteiger partial charge in [-0.1, -0.05) is 0 Å². The Morgan fingerprint density at radius 1 is 1.12 bits per heavy atom. The Balaban J connectivity index is 1.34. The molecule has 0 bridgehead atoms. The fourth-order valence-electron chi connectivity index (χ4n) is 4.48. The Morgan fingerprint density at radius 2 is 1.84 bits per heavy atom. The van der Waals surface area contributed by atoms with Gasteiger partial charge in [0.2, 0.25) is 5.91 Å². The molecule has 2 aliphatic heterocycles.